The Hall–Kier alpha value is -3.35. The van der Waals surface area contributed by atoms with Crippen molar-refractivity contribution in [2.45, 2.75) is 30.5 Å². The van der Waals surface area contributed by atoms with E-state index in [1.54, 1.807) is 0 Å². The first kappa shape index (κ1) is 22.8. The molecule has 3 aromatic rings. The molecular formula is C22H22O11. The van der Waals surface area contributed by atoms with Crippen LogP contribution in [-0.4, -0.2) is 73.9 Å². The molecule has 1 fully saturated rings. The standard InChI is InChI=1S/C22H22O11/c1-31-10-6-11-13(17(27)19(29)21(32-11)8-2-4-9(24)5-3-8)16(26)14(10)22-20(30)18(28)15(25)12(7-23)33-22/h2-6,12,15,18,20,22-26,28-30H,7H2,1H3/t12-,15+,18-,20+,22-/m0/s1. The van der Waals surface area contributed by atoms with Crippen LogP contribution in [0.5, 0.6) is 23.0 Å². The number of aliphatic hydroxyl groups is 4. The minimum Gasteiger partial charge on any atom is -0.508 e. The third-order valence-electron chi connectivity index (χ3n) is 5.66. The van der Waals surface area contributed by atoms with Gasteiger partial charge in [0.1, 0.15) is 58.7 Å². The number of aromatic hydroxyl groups is 3. The van der Waals surface area contributed by atoms with E-state index in [0.717, 1.165) is 0 Å². The molecule has 176 valence electrons. The number of ether oxygens (including phenoxy) is 2. The fourth-order valence-electron chi connectivity index (χ4n) is 3.91. The minimum atomic E-state index is -1.75. The van der Waals surface area contributed by atoms with Crippen LogP contribution in [0.1, 0.15) is 11.7 Å². The summed E-state index contributed by atoms with van der Waals surface area (Å²) < 4.78 is 16.4. The minimum absolute atomic E-state index is 0.0372. The molecule has 0 amide bonds. The molecule has 0 unspecified atom stereocenters. The summed E-state index contributed by atoms with van der Waals surface area (Å²) in [6.07, 6.45) is -7.88. The van der Waals surface area contributed by atoms with E-state index in [0.29, 0.717) is 0 Å². The zero-order valence-electron chi connectivity index (χ0n) is 17.2. The molecule has 11 nitrogen and oxygen atoms in total. The summed E-state index contributed by atoms with van der Waals surface area (Å²) in [6, 6.07) is 6.73. The van der Waals surface area contributed by atoms with Gasteiger partial charge in [0.25, 0.3) is 0 Å². The lowest BCUT2D eigenvalue weighted by molar-refractivity contribution is -0.232. The third-order valence-corrected chi connectivity index (χ3v) is 5.66. The number of phenols is 2. The SMILES string of the molecule is COc1cc2oc(-c3ccc(O)cc3)c(O)c(=O)c2c(O)c1[C@@H]1O[C@@H](CO)[C@@H](O)[C@H](O)[C@H]1O. The highest BCUT2D eigenvalue weighted by Gasteiger charge is 2.46. The van der Waals surface area contributed by atoms with E-state index in [9.17, 15) is 40.5 Å². The first-order valence-corrected chi connectivity index (χ1v) is 9.89. The third kappa shape index (κ3) is 3.65. The molecule has 1 aromatic heterocycles. The van der Waals surface area contributed by atoms with Gasteiger partial charge in [0.2, 0.25) is 11.2 Å². The van der Waals surface area contributed by atoms with Crippen LogP contribution in [0, 0.1) is 0 Å². The van der Waals surface area contributed by atoms with Gasteiger partial charge in [-0.2, -0.15) is 0 Å². The van der Waals surface area contributed by atoms with E-state index < -0.39 is 59.4 Å². The van der Waals surface area contributed by atoms with Gasteiger partial charge < -0.3 is 49.6 Å². The Labute approximate surface area is 185 Å². The van der Waals surface area contributed by atoms with Crippen LogP contribution in [0.15, 0.2) is 39.5 Å². The average molecular weight is 462 g/mol. The number of fused-ring (bicyclic) bond motifs is 1. The summed E-state index contributed by atoms with van der Waals surface area (Å²) in [5.74, 6) is -1.89. The Balaban J connectivity index is 1.94. The van der Waals surface area contributed by atoms with E-state index in [2.05, 4.69) is 0 Å². The zero-order valence-corrected chi connectivity index (χ0v) is 17.2. The molecule has 0 saturated carbocycles. The van der Waals surface area contributed by atoms with Gasteiger partial charge in [-0.1, -0.05) is 0 Å². The number of phenolic OH excluding ortho intramolecular Hbond substituents is 2. The second-order valence-electron chi connectivity index (χ2n) is 7.62. The molecule has 0 aliphatic carbocycles. The second kappa shape index (κ2) is 8.54. The summed E-state index contributed by atoms with van der Waals surface area (Å²) in [5, 5.41) is 70.5. The first-order valence-electron chi connectivity index (χ1n) is 9.89. The number of methoxy groups -OCH3 is 1. The Morgan fingerprint density at radius 2 is 1.64 bits per heavy atom. The van der Waals surface area contributed by atoms with Gasteiger partial charge in [-0.25, -0.2) is 0 Å². The topological polar surface area (TPSA) is 190 Å². The summed E-state index contributed by atoms with van der Waals surface area (Å²) >= 11 is 0. The molecule has 1 saturated heterocycles. The van der Waals surface area contributed by atoms with Gasteiger partial charge in [-0.05, 0) is 24.3 Å². The van der Waals surface area contributed by atoms with Crippen molar-refractivity contribution in [2.75, 3.05) is 13.7 Å². The molecule has 5 atom stereocenters. The van der Waals surface area contributed by atoms with E-state index in [4.69, 9.17) is 13.9 Å². The molecule has 0 bridgehead atoms. The van der Waals surface area contributed by atoms with Crippen LogP contribution in [0.4, 0.5) is 0 Å². The van der Waals surface area contributed by atoms with E-state index in [-0.39, 0.29) is 34.0 Å². The van der Waals surface area contributed by atoms with Crippen LogP contribution in [0.2, 0.25) is 0 Å². The fourth-order valence-corrected chi connectivity index (χ4v) is 3.91. The molecule has 0 radical (unpaired) electrons. The van der Waals surface area contributed by atoms with Gasteiger partial charge in [0.05, 0.1) is 19.3 Å². The maximum absolute atomic E-state index is 13.0. The lowest BCUT2D eigenvalue weighted by Crippen LogP contribution is -2.55. The van der Waals surface area contributed by atoms with Crippen molar-refractivity contribution in [3.63, 3.8) is 0 Å². The number of hydrogen-bond acceptors (Lipinski definition) is 11. The maximum atomic E-state index is 13.0. The number of rotatable bonds is 4. The Bertz CT molecular complexity index is 1230. The largest absolute Gasteiger partial charge is 0.508 e. The summed E-state index contributed by atoms with van der Waals surface area (Å²) in [7, 11) is 1.24. The second-order valence-corrected chi connectivity index (χ2v) is 7.62. The molecule has 11 heteroatoms. The number of benzene rings is 2. The Kier molecular flexibility index (Phi) is 5.91. The zero-order chi connectivity index (χ0) is 24.0. The fraction of sp³-hybridized carbons (Fsp3) is 0.318. The van der Waals surface area contributed by atoms with Crippen molar-refractivity contribution >= 4 is 11.0 Å². The highest BCUT2D eigenvalue weighted by Crippen LogP contribution is 2.46. The Morgan fingerprint density at radius 1 is 0.970 bits per heavy atom. The molecule has 7 N–H and O–H groups in total. The summed E-state index contributed by atoms with van der Waals surface area (Å²) in [5.41, 5.74) is -1.12. The van der Waals surface area contributed by atoms with Crippen LogP contribution >= 0.6 is 0 Å². The molecule has 1 aliphatic heterocycles. The van der Waals surface area contributed by atoms with Crippen LogP contribution < -0.4 is 10.2 Å². The quantitative estimate of drug-likeness (QED) is 0.278. The highest BCUT2D eigenvalue weighted by atomic mass is 16.5. The normalized spacial score (nSPS) is 25.3. The van der Waals surface area contributed by atoms with Gasteiger partial charge in [-0.3, -0.25) is 4.79 Å². The van der Waals surface area contributed by atoms with Gasteiger partial charge in [0.15, 0.2) is 5.76 Å². The predicted octanol–water partition coefficient (Wildman–Crippen LogP) is 0.100. The summed E-state index contributed by atoms with van der Waals surface area (Å²) in [4.78, 5) is 13.0. The van der Waals surface area contributed by atoms with E-state index in [1.165, 1.54) is 37.4 Å². The molecule has 4 rings (SSSR count). The van der Waals surface area contributed by atoms with Crippen LogP contribution in [0.3, 0.4) is 0 Å². The van der Waals surface area contributed by atoms with Crippen molar-refractivity contribution in [1.82, 2.24) is 0 Å². The highest BCUT2D eigenvalue weighted by molar-refractivity contribution is 5.90. The van der Waals surface area contributed by atoms with Gasteiger partial charge in [-0.15, -0.1) is 0 Å². The molecule has 2 aromatic carbocycles. The summed E-state index contributed by atoms with van der Waals surface area (Å²) in [6.45, 7) is -0.697. The first-order chi connectivity index (χ1) is 15.7. The monoisotopic (exact) mass is 462 g/mol. The molecule has 0 spiro atoms. The van der Waals surface area contributed by atoms with Crippen molar-refractivity contribution in [3.05, 3.63) is 46.1 Å². The average Bonchev–Trinajstić information content (AvgIpc) is 2.81. The van der Waals surface area contributed by atoms with Crippen LogP contribution in [0.25, 0.3) is 22.3 Å². The van der Waals surface area contributed by atoms with Crippen molar-refractivity contribution in [1.29, 1.82) is 0 Å². The Morgan fingerprint density at radius 3 is 2.24 bits per heavy atom. The van der Waals surface area contributed by atoms with Crippen molar-refractivity contribution < 1.29 is 49.6 Å². The molecular weight excluding hydrogens is 440 g/mol. The molecule has 33 heavy (non-hydrogen) atoms. The van der Waals surface area contributed by atoms with Crippen molar-refractivity contribution in [2.24, 2.45) is 0 Å². The number of hydrogen-bond donors (Lipinski definition) is 7. The van der Waals surface area contributed by atoms with Gasteiger partial charge in [0, 0.05) is 11.6 Å². The lowest BCUT2D eigenvalue weighted by Gasteiger charge is -2.40. The maximum Gasteiger partial charge on any atom is 0.238 e. The lowest BCUT2D eigenvalue weighted by atomic mass is 9.89. The van der Waals surface area contributed by atoms with Gasteiger partial charge >= 0.3 is 0 Å². The molecule has 1 aliphatic rings. The van der Waals surface area contributed by atoms with Crippen molar-refractivity contribution in [3.8, 4) is 34.3 Å². The smallest absolute Gasteiger partial charge is 0.238 e. The molecule has 2 heterocycles. The van der Waals surface area contributed by atoms with E-state index >= 15 is 0 Å². The van der Waals surface area contributed by atoms with E-state index in [1.807, 2.05) is 0 Å². The number of aliphatic hydroxyl groups excluding tert-OH is 4. The predicted molar refractivity (Wildman–Crippen MR) is 112 cm³/mol. The van der Waals surface area contributed by atoms with Crippen LogP contribution in [-0.2, 0) is 4.74 Å².